The predicted octanol–water partition coefficient (Wildman–Crippen LogP) is 42.9. The Morgan fingerprint density at radius 1 is 0.125 bits per heavy atom. The highest BCUT2D eigenvalue weighted by molar-refractivity contribution is 5.02. The molecule has 0 aromatic heterocycles. The van der Waals surface area contributed by atoms with Gasteiger partial charge in [-0.05, 0) is 431 Å². The monoisotopic (exact) mass is 1780 g/mol. The molecule has 0 saturated heterocycles. The van der Waals surface area contributed by atoms with Crippen LogP contribution in [0.25, 0.3) is 0 Å². The second kappa shape index (κ2) is 60.2. The second-order valence-corrected chi connectivity index (χ2v) is 51.0. The zero-order chi connectivity index (χ0) is 92.0. The Balaban J connectivity index is 0.000000155. The Labute approximate surface area is 808 Å². The fourth-order valence-corrected chi connectivity index (χ4v) is 37.6. The molecule has 34 bridgehead atoms. The van der Waals surface area contributed by atoms with E-state index in [0.717, 1.165) is 123 Å². The standard InChI is InChI=1S/3C11H18.C10H18.2C9H14.3C9H16.C8H14.2C7H12.9C2H6/c1-11-5-8-2-9(6-11)4-10(3-8)7-11;1-7-10-3-8-2-9(5-10)6-11(7)4-8;1-2-9-5-10-3-8(1)4-11(6-9)7-10;1-10-6-2-4-9(8-10)5-3-7-10;2*1-6-2-8-4-7(1)5-9(8)3-6;3*1-3-8-5-2-6-9(4-1)7-8;1-2-8-5-3-7(1)4-6-8;1-2-7-4-3-6(1)5-7;1-2-6-4-7(3-1)5-6;9*1-2/h8-10H,2-7H2,1H3;7-11H,2-6H2,1H3;8-11H,1-7H2;9H,2-8H2,1H3;2*6-9H,1-5H2;3*8-9H,1-7H2;7-8H,1-6H2;2*6-7H,1-5H2;9*1-2H3. The highest BCUT2D eigenvalue weighted by atomic mass is 14.6. The van der Waals surface area contributed by atoms with Gasteiger partial charge in [-0.2, -0.15) is 0 Å². The van der Waals surface area contributed by atoms with E-state index in [1.54, 1.807) is 379 Å². The van der Waals surface area contributed by atoms with E-state index in [-0.39, 0.29) is 0 Å². The van der Waals surface area contributed by atoms with Gasteiger partial charge in [0.1, 0.15) is 0 Å². The minimum absolute atomic E-state index is 0.779. The summed E-state index contributed by atoms with van der Waals surface area (Å²) < 4.78 is 0. The first-order chi connectivity index (χ1) is 62.8. The second-order valence-electron chi connectivity index (χ2n) is 51.0. The van der Waals surface area contributed by atoms with Gasteiger partial charge in [0.2, 0.25) is 0 Å². The van der Waals surface area contributed by atoms with Crippen LogP contribution >= 0.6 is 0 Å². The molecule has 0 amide bonds. The van der Waals surface area contributed by atoms with Crippen LogP contribution in [-0.2, 0) is 0 Å². The van der Waals surface area contributed by atoms with Gasteiger partial charge in [-0.25, -0.2) is 0 Å². The molecule has 0 radical (unpaired) electrons. The van der Waals surface area contributed by atoms with Crippen molar-refractivity contribution < 1.29 is 0 Å². The Morgan fingerprint density at radius 3 is 0.461 bits per heavy atom. The third kappa shape index (κ3) is 34.8. The Morgan fingerprint density at radius 2 is 0.273 bits per heavy atom. The van der Waals surface area contributed by atoms with Crippen LogP contribution in [0.5, 0.6) is 0 Å². The SMILES string of the molecule is C1C2CC3CC1CC3C2.C1C2CC3CC1CC3C2.C1CC2CC(C1)C2.C1CC2CC3CC1CC(C2)C3.C1CC2CCC1C2.C1CC2CCC1CC2.C1CC2CCCC(C1)C2.C1CC2CCCC(C1)C2.C1CC2CCCC(C1)C2.CC.CC.CC.CC.CC.CC.CC.CC.CC.CC12CC3CC(CC(C3)C1)C2.CC12CCCC(CCC1)C2.CC1C2CC3CC(C2)CC1C3. The third-order valence-electron chi connectivity index (χ3n) is 42.2. The number of hydrogen-bond acceptors (Lipinski definition) is 0. The molecular formula is C128H240. The molecule has 36 aliphatic carbocycles. The van der Waals surface area contributed by atoms with Crippen LogP contribution in [0.3, 0.4) is 0 Å². The fraction of sp³-hybridized carbons (Fsp3) is 1.00. The van der Waals surface area contributed by atoms with Gasteiger partial charge < -0.3 is 0 Å². The van der Waals surface area contributed by atoms with Crippen molar-refractivity contribution in [3.05, 3.63) is 0 Å². The third-order valence-corrected chi connectivity index (χ3v) is 42.2. The molecule has 0 N–H and O–H groups in total. The summed E-state index contributed by atoms with van der Waals surface area (Å²) in [6, 6.07) is 0. The fourth-order valence-electron chi connectivity index (χ4n) is 37.6. The molecule has 36 aliphatic rings. The van der Waals surface area contributed by atoms with Gasteiger partial charge in [0.15, 0.2) is 0 Å². The molecule has 0 aliphatic heterocycles. The van der Waals surface area contributed by atoms with E-state index in [2.05, 4.69) is 20.8 Å². The first kappa shape index (κ1) is 112. The molecule has 0 spiro atoms. The average Bonchev–Trinajstić information content (AvgIpc) is 1.17. The molecule has 36 rings (SSSR count). The topological polar surface area (TPSA) is 0 Å². The summed E-state index contributed by atoms with van der Waals surface area (Å²) in [5, 5.41) is 0. The van der Waals surface area contributed by atoms with E-state index in [1.165, 1.54) is 166 Å². The molecule has 0 heterocycles. The van der Waals surface area contributed by atoms with Crippen molar-refractivity contribution in [2.75, 3.05) is 0 Å². The van der Waals surface area contributed by atoms with Gasteiger partial charge in [-0.1, -0.05) is 383 Å². The smallest absolute Gasteiger partial charge is 0.0318 e. The van der Waals surface area contributed by atoms with Gasteiger partial charge in [0.05, 0.1) is 0 Å². The van der Waals surface area contributed by atoms with E-state index < -0.39 is 0 Å². The maximum atomic E-state index is 2.54. The quantitative estimate of drug-likeness (QED) is 0.227. The molecule has 0 aromatic rings. The molecule has 752 valence electrons. The lowest BCUT2D eigenvalue weighted by atomic mass is 9.50. The van der Waals surface area contributed by atoms with Crippen LogP contribution in [0.2, 0.25) is 0 Å². The Kier molecular flexibility index (Phi) is 52.5. The Bertz CT molecular complexity index is 2340. The lowest BCUT2D eigenvalue weighted by molar-refractivity contribution is -0.0411. The molecule has 0 heteroatoms. The number of fused-ring (bicyclic) bond motifs is 16. The lowest BCUT2D eigenvalue weighted by Crippen LogP contribution is -2.44. The summed E-state index contributed by atoms with van der Waals surface area (Å²) in [4.78, 5) is 0. The summed E-state index contributed by atoms with van der Waals surface area (Å²) >= 11 is 0. The lowest BCUT2D eigenvalue weighted by Gasteiger charge is -2.55. The summed E-state index contributed by atoms with van der Waals surface area (Å²) in [7, 11) is 0. The highest BCUT2D eigenvalue weighted by Crippen LogP contribution is 2.63. The summed E-state index contributed by atoms with van der Waals surface area (Å²) in [6.45, 7) is 43.5. The van der Waals surface area contributed by atoms with Gasteiger partial charge in [-0.15, -0.1) is 0 Å². The largest absolute Gasteiger partial charge is 0.0683 e. The molecule has 36 saturated carbocycles. The molecule has 36 fully saturated rings. The maximum absolute atomic E-state index is 2.54. The normalized spacial score (nSPS) is 44.8. The Hall–Kier alpha value is 0. The minimum atomic E-state index is 0.779. The highest BCUT2D eigenvalue weighted by Gasteiger charge is 2.51. The zero-order valence-electron chi connectivity index (χ0n) is 92.0. The van der Waals surface area contributed by atoms with Crippen LogP contribution in [0, 0.1) is 206 Å². The molecule has 0 atom stereocenters. The van der Waals surface area contributed by atoms with Gasteiger partial charge in [0, 0.05) is 0 Å². The van der Waals surface area contributed by atoms with Crippen molar-refractivity contribution in [1.82, 2.24) is 0 Å². The van der Waals surface area contributed by atoms with Crippen LogP contribution in [0.4, 0.5) is 0 Å². The van der Waals surface area contributed by atoms with Crippen LogP contribution < -0.4 is 0 Å². The minimum Gasteiger partial charge on any atom is -0.0683 e. The first-order valence-electron chi connectivity index (χ1n) is 62.8. The van der Waals surface area contributed by atoms with Crippen molar-refractivity contribution in [3.8, 4) is 0 Å². The van der Waals surface area contributed by atoms with Gasteiger partial charge in [0.25, 0.3) is 0 Å². The van der Waals surface area contributed by atoms with E-state index in [4.69, 9.17) is 0 Å². The van der Waals surface area contributed by atoms with Crippen LogP contribution in [0.15, 0.2) is 0 Å². The van der Waals surface area contributed by atoms with Crippen LogP contribution in [0.1, 0.15) is 608 Å². The van der Waals surface area contributed by atoms with Gasteiger partial charge in [-0.3, -0.25) is 0 Å². The first-order valence-corrected chi connectivity index (χ1v) is 62.8. The molecule has 128 heavy (non-hydrogen) atoms. The van der Waals surface area contributed by atoms with Gasteiger partial charge >= 0.3 is 0 Å². The molecule has 0 unspecified atom stereocenters. The zero-order valence-corrected chi connectivity index (χ0v) is 92.0. The summed E-state index contributed by atoms with van der Waals surface area (Å²) in [5.74, 6) is 38.4. The van der Waals surface area contributed by atoms with E-state index >= 15 is 0 Å². The number of rotatable bonds is 0. The van der Waals surface area contributed by atoms with Crippen molar-refractivity contribution in [1.29, 1.82) is 0 Å². The van der Waals surface area contributed by atoms with Crippen molar-refractivity contribution in [3.63, 3.8) is 0 Å². The van der Waals surface area contributed by atoms with E-state index in [1.807, 2.05) is 125 Å². The average molecular weight is 1780 g/mol. The summed E-state index contributed by atoms with van der Waals surface area (Å²) in [6.07, 6.45) is 113. The maximum Gasteiger partial charge on any atom is -0.0318 e. The van der Waals surface area contributed by atoms with Crippen molar-refractivity contribution >= 4 is 0 Å². The molecule has 0 aromatic carbocycles. The number of hydrogen-bond donors (Lipinski definition) is 0. The van der Waals surface area contributed by atoms with E-state index in [0.29, 0.717) is 0 Å². The van der Waals surface area contributed by atoms with E-state index in [9.17, 15) is 0 Å². The molecular weight excluding hydrogens is 1540 g/mol. The van der Waals surface area contributed by atoms with Crippen molar-refractivity contribution in [2.45, 2.75) is 608 Å². The summed E-state index contributed by atoms with van der Waals surface area (Å²) in [5.41, 5.74) is 1.58. The van der Waals surface area contributed by atoms with Crippen molar-refractivity contribution in [2.24, 2.45) is 206 Å². The molecule has 0 nitrogen and oxygen atoms in total. The predicted molar refractivity (Wildman–Crippen MR) is 572 cm³/mol. The van der Waals surface area contributed by atoms with Crippen LogP contribution in [-0.4, -0.2) is 0 Å².